The zero-order valence-corrected chi connectivity index (χ0v) is 17.8. The van der Waals surface area contributed by atoms with E-state index in [-0.39, 0.29) is 5.92 Å². The van der Waals surface area contributed by atoms with Gasteiger partial charge in [0.25, 0.3) is 10.2 Å². The highest BCUT2D eigenvalue weighted by Crippen LogP contribution is 2.29. The zero-order chi connectivity index (χ0) is 20.1. The lowest BCUT2D eigenvalue weighted by atomic mass is 10.0. The fraction of sp³-hybridized carbons (Fsp3) is 0.526. The number of H-pyrrole nitrogens is 1. The minimum atomic E-state index is -3.38. The Kier molecular flexibility index (Phi) is 6.98. The van der Waals surface area contributed by atoms with Crippen LogP contribution in [-0.2, 0) is 16.6 Å². The number of ether oxygens (including phenoxy) is 1. The molecular weight excluding hydrogens is 400 g/mol. The molecule has 9 heteroatoms. The van der Waals surface area contributed by atoms with Gasteiger partial charge in [-0.3, -0.25) is 5.10 Å². The van der Waals surface area contributed by atoms with Gasteiger partial charge in [-0.25, -0.2) is 0 Å². The number of halogens is 1. The zero-order valence-electron chi connectivity index (χ0n) is 16.3. The molecule has 1 aromatic heterocycles. The summed E-state index contributed by atoms with van der Waals surface area (Å²) in [4.78, 5) is 0. The average molecular weight is 427 g/mol. The van der Waals surface area contributed by atoms with E-state index < -0.39 is 10.2 Å². The third-order valence-corrected chi connectivity index (χ3v) is 7.44. The lowest BCUT2D eigenvalue weighted by molar-refractivity contribution is 0.320. The maximum Gasteiger partial charge on any atom is 0.281 e. The molecule has 0 bridgehead atoms. The van der Waals surface area contributed by atoms with Crippen LogP contribution in [0.2, 0.25) is 5.02 Å². The van der Waals surface area contributed by atoms with Crippen LogP contribution < -0.4 is 4.74 Å². The molecule has 1 N–H and O–H groups in total. The fourth-order valence-electron chi connectivity index (χ4n) is 3.42. The van der Waals surface area contributed by atoms with Crippen molar-refractivity contribution >= 4 is 21.8 Å². The Labute approximate surface area is 171 Å². The number of hydrogen-bond acceptors (Lipinski definition) is 4. The molecule has 0 amide bonds. The first kappa shape index (κ1) is 21.1. The molecule has 3 rings (SSSR count). The molecule has 0 spiro atoms. The van der Waals surface area contributed by atoms with E-state index in [4.69, 9.17) is 16.3 Å². The maximum atomic E-state index is 12.7. The molecule has 1 atom stereocenters. The van der Waals surface area contributed by atoms with Crippen LogP contribution >= 0.6 is 11.6 Å². The van der Waals surface area contributed by atoms with Crippen LogP contribution in [-0.4, -0.2) is 60.0 Å². The Morgan fingerprint density at radius 3 is 2.68 bits per heavy atom. The van der Waals surface area contributed by atoms with Crippen molar-refractivity contribution in [1.82, 2.24) is 18.8 Å². The van der Waals surface area contributed by atoms with Crippen LogP contribution in [0.5, 0.6) is 5.75 Å². The van der Waals surface area contributed by atoms with Crippen molar-refractivity contribution in [1.29, 1.82) is 0 Å². The molecule has 1 unspecified atom stereocenters. The standard InChI is InChI=1S/C19H27ClN4O3S/c1-3-23(4-2)28(25,26)24-11-9-15(14-24)19-13-17(21-22-19)10-12-27-18-7-5-16(20)6-8-18/h5-8,13,15H,3-4,9-12,14H2,1-2H3,(H,21,22). The van der Waals surface area contributed by atoms with Crippen LogP contribution in [0.15, 0.2) is 30.3 Å². The van der Waals surface area contributed by atoms with Crippen LogP contribution in [0, 0.1) is 0 Å². The van der Waals surface area contributed by atoms with Gasteiger partial charge < -0.3 is 4.74 Å². The molecule has 1 aliphatic rings. The summed E-state index contributed by atoms with van der Waals surface area (Å²) in [6.45, 7) is 6.23. The summed E-state index contributed by atoms with van der Waals surface area (Å²) in [7, 11) is -3.38. The van der Waals surface area contributed by atoms with Crippen LogP contribution in [0.1, 0.15) is 37.6 Å². The van der Waals surface area contributed by atoms with Crippen molar-refractivity contribution < 1.29 is 13.2 Å². The first-order valence-electron chi connectivity index (χ1n) is 9.61. The summed E-state index contributed by atoms with van der Waals surface area (Å²) in [5.74, 6) is 0.893. The number of benzene rings is 1. The Bertz CT molecular complexity index is 866. The van der Waals surface area contributed by atoms with E-state index in [1.807, 2.05) is 32.0 Å². The van der Waals surface area contributed by atoms with Gasteiger partial charge in [0.05, 0.1) is 12.3 Å². The highest BCUT2D eigenvalue weighted by molar-refractivity contribution is 7.86. The van der Waals surface area contributed by atoms with Crippen molar-refractivity contribution in [3.63, 3.8) is 0 Å². The monoisotopic (exact) mass is 426 g/mol. The number of hydrogen-bond donors (Lipinski definition) is 1. The summed E-state index contributed by atoms with van der Waals surface area (Å²) >= 11 is 5.87. The number of aromatic nitrogens is 2. The largest absolute Gasteiger partial charge is 0.493 e. The highest BCUT2D eigenvalue weighted by atomic mass is 35.5. The smallest absolute Gasteiger partial charge is 0.281 e. The number of rotatable bonds is 9. The van der Waals surface area contributed by atoms with E-state index >= 15 is 0 Å². The summed E-state index contributed by atoms with van der Waals surface area (Å²) in [5, 5.41) is 8.13. The fourth-order valence-corrected chi connectivity index (χ4v) is 5.23. The topological polar surface area (TPSA) is 78.5 Å². The van der Waals surface area contributed by atoms with Gasteiger partial charge in [-0.1, -0.05) is 25.4 Å². The third kappa shape index (κ3) is 4.86. The van der Waals surface area contributed by atoms with Crippen LogP contribution in [0.3, 0.4) is 0 Å². The molecule has 1 aromatic carbocycles. The minimum Gasteiger partial charge on any atom is -0.493 e. The van der Waals surface area contributed by atoms with Gasteiger partial charge in [0.15, 0.2) is 0 Å². The van der Waals surface area contributed by atoms with E-state index in [0.29, 0.717) is 44.2 Å². The van der Waals surface area contributed by atoms with Crippen molar-refractivity contribution in [3.05, 3.63) is 46.7 Å². The molecule has 1 fully saturated rings. The highest BCUT2D eigenvalue weighted by Gasteiger charge is 2.35. The quantitative estimate of drug-likeness (QED) is 0.668. The summed E-state index contributed by atoms with van der Waals surface area (Å²) in [6.07, 6.45) is 1.48. The van der Waals surface area contributed by atoms with Crippen LogP contribution in [0.25, 0.3) is 0 Å². The van der Waals surface area contributed by atoms with Crippen molar-refractivity contribution in [2.24, 2.45) is 0 Å². The Balaban J connectivity index is 1.53. The molecule has 1 saturated heterocycles. The first-order valence-corrected chi connectivity index (χ1v) is 11.4. The second kappa shape index (κ2) is 9.26. The second-order valence-corrected chi connectivity index (χ2v) is 9.17. The molecule has 7 nitrogen and oxygen atoms in total. The van der Waals surface area contributed by atoms with E-state index in [1.54, 1.807) is 16.4 Å². The Morgan fingerprint density at radius 2 is 2.00 bits per heavy atom. The molecule has 0 saturated carbocycles. The van der Waals surface area contributed by atoms with Crippen molar-refractivity contribution in [2.45, 2.75) is 32.6 Å². The van der Waals surface area contributed by atoms with Gasteiger partial charge in [0, 0.05) is 49.2 Å². The van der Waals surface area contributed by atoms with E-state index in [0.717, 1.165) is 23.6 Å². The molecule has 28 heavy (non-hydrogen) atoms. The second-order valence-electron chi connectivity index (χ2n) is 6.81. The van der Waals surface area contributed by atoms with Gasteiger partial charge in [0.2, 0.25) is 0 Å². The summed E-state index contributed by atoms with van der Waals surface area (Å²) in [5.41, 5.74) is 1.90. The number of aromatic amines is 1. The SMILES string of the molecule is CCN(CC)S(=O)(=O)N1CCC(c2cc(CCOc3ccc(Cl)cc3)[nH]n2)C1. The molecule has 0 aliphatic carbocycles. The van der Waals surface area contributed by atoms with Gasteiger partial charge in [-0.15, -0.1) is 0 Å². The lowest BCUT2D eigenvalue weighted by Gasteiger charge is -2.25. The minimum absolute atomic E-state index is 0.118. The van der Waals surface area contributed by atoms with E-state index in [9.17, 15) is 8.42 Å². The lowest BCUT2D eigenvalue weighted by Crippen LogP contribution is -2.42. The predicted octanol–water partition coefficient (Wildman–Crippen LogP) is 3.06. The summed E-state index contributed by atoms with van der Waals surface area (Å²) < 4.78 is 34.1. The first-order chi connectivity index (χ1) is 13.4. The molecule has 2 heterocycles. The molecule has 154 valence electrons. The van der Waals surface area contributed by atoms with E-state index in [2.05, 4.69) is 10.2 Å². The Hall–Kier alpha value is -1.61. The molecular formula is C19H27ClN4O3S. The molecule has 2 aromatic rings. The number of nitrogens with one attached hydrogen (secondary N) is 1. The molecule has 0 radical (unpaired) electrons. The van der Waals surface area contributed by atoms with Crippen LogP contribution in [0.4, 0.5) is 0 Å². The van der Waals surface area contributed by atoms with Crippen molar-refractivity contribution in [2.75, 3.05) is 32.8 Å². The normalized spacial score (nSPS) is 18.1. The number of nitrogens with zero attached hydrogens (tertiary/aromatic N) is 3. The predicted molar refractivity (Wildman–Crippen MR) is 110 cm³/mol. The third-order valence-electron chi connectivity index (χ3n) is 5.03. The summed E-state index contributed by atoms with van der Waals surface area (Å²) in [6, 6.07) is 9.28. The maximum absolute atomic E-state index is 12.7. The van der Waals surface area contributed by atoms with Gasteiger partial charge in [-0.05, 0) is 36.8 Å². The van der Waals surface area contributed by atoms with Gasteiger partial charge >= 0.3 is 0 Å². The van der Waals surface area contributed by atoms with Crippen molar-refractivity contribution in [3.8, 4) is 5.75 Å². The van der Waals surface area contributed by atoms with Gasteiger partial charge in [0.1, 0.15) is 5.75 Å². The Morgan fingerprint density at radius 1 is 1.29 bits per heavy atom. The van der Waals surface area contributed by atoms with E-state index in [1.165, 1.54) is 4.31 Å². The molecule has 1 aliphatic heterocycles. The average Bonchev–Trinajstić information content (AvgIpc) is 3.34. The van der Waals surface area contributed by atoms with Gasteiger partial charge in [-0.2, -0.15) is 22.1 Å².